The van der Waals surface area contributed by atoms with E-state index in [0.29, 0.717) is 0 Å². The van der Waals surface area contributed by atoms with Gasteiger partial charge in [-0.1, -0.05) is 28.1 Å². The third-order valence-electron chi connectivity index (χ3n) is 2.46. The van der Waals surface area contributed by atoms with Gasteiger partial charge in [0, 0.05) is 22.4 Å². The topological polar surface area (TPSA) is 21.3 Å². The number of nitrogens with one attached hydrogen (secondary N) is 1. The summed E-state index contributed by atoms with van der Waals surface area (Å²) in [7, 11) is 1.68. The van der Waals surface area contributed by atoms with E-state index < -0.39 is 0 Å². The molecule has 0 amide bonds. The van der Waals surface area contributed by atoms with Crippen LogP contribution in [0.2, 0.25) is 0 Å². The van der Waals surface area contributed by atoms with E-state index in [2.05, 4.69) is 44.8 Å². The Morgan fingerprint density at radius 3 is 2.82 bits per heavy atom. The largest absolute Gasteiger partial charge is 0.497 e. The zero-order chi connectivity index (χ0) is 12.1. The standard InChI is InChI=1S/C13H14BrNOS/c1-16-11-5-4-10(13(14)7-11)8-15-9-12-3-2-6-17-12/h2-7,15H,8-9H2,1H3. The summed E-state index contributed by atoms with van der Waals surface area (Å²) in [5.74, 6) is 0.874. The predicted octanol–water partition coefficient (Wildman–Crippen LogP) is 3.81. The third kappa shape index (κ3) is 3.56. The summed E-state index contributed by atoms with van der Waals surface area (Å²) >= 11 is 5.32. The molecule has 90 valence electrons. The fourth-order valence-electron chi connectivity index (χ4n) is 1.53. The number of halogens is 1. The van der Waals surface area contributed by atoms with Gasteiger partial charge < -0.3 is 10.1 Å². The second-order valence-electron chi connectivity index (χ2n) is 3.64. The molecule has 1 aromatic heterocycles. The van der Waals surface area contributed by atoms with Gasteiger partial charge in [-0.2, -0.15) is 0 Å². The lowest BCUT2D eigenvalue weighted by molar-refractivity contribution is 0.414. The van der Waals surface area contributed by atoms with E-state index >= 15 is 0 Å². The van der Waals surface area contributed by atoms with Crippen LogP contribution in [0.4, 0.5) is 0 Å². The van der Waals surface area contributed by atoms with Crippen LogP contribution in [-0.4, -0.2) is 7.11 Å². The minimum atomic E-state index is 0.850. The Morgan fingerprint density at radius 2 is 2.18 bits per heavy atom. The zero-order valence-corrected chi connectivity index (χ0v) is 12.0. The molecule has 2 nitrogen and oxygen atoms in total. The number of benzene rings is 1. The lowest BCUT2D eigenvalue weighted by atomic mass is 10.2. The van der Waals surface area contributed by atoms with E-state index in [9.17, 15) is 0 Å². The summed E-state index contributed by atoms with van der Waals surface area (Å²) in [6.07, 6.45) is 0. The molecule has 0 unspecified atom stereocenters. The summed E-state index contributed by atoms with van der Waals surface area (Å²) in [6.45, 7) is 1.76. The van der Waals surface area contributed by atoms with Crippen molar-refractivity contribution in [3.8, 4) is 5.75 Å². The van der Waals surface area contributed by atoms with Gasteiger partial charge in [0.15, 0.2) is 0 Å². The molecule has 0 aliphatic rings. The second-order valence-corrected chi connectivity index (χ2v) is 5.53. The van der Waals surface area contributed by atoms with Crippen molar-refractivity contribution in [2.45, 2.75) is 13.1 Å². The monoisotopic (exact) mass is 311 g/mol. The molecule has 0 fully saturated rings. The molecule has 0 radical (unpaired) electrons. The number of hydrogen-bond donors (Lipinski definition) is 1. The first kappa shape index (κ1) is 12.6. The predicted molar refractivity (Wildman–Crippen MR) is 75.6 cm³/mol. The van der Waals surface area contributed by atoms with Crippen molar-refractivity contribution in [2.75, 3.05) is 7.11 Å². The SMILES string of the molecule is COc1ccc(CNCc2cccs2)c(Br)c1. The van der Waals surface area contributed by atoms with Gasteiger partial charge in [-0.05, 0) is 29.1 Å². The summed E-state index contributed by atoms with van der Waals surface area (Å²) in [5, 5.41) is 5.52. The summed E-state index contributed by atoms with van der Waals surface area (Å²) in [5.41, 5.74) is 1.24. The van der Waals surface area contributed by atoms with Crippen molar-refractivity contribution >= 4 is 27.3 Å². The minimum absolute atomic E-state index is 0.850. The number of rotatable bonds is 5. The molecule has 0 saturated heterocycles. The van der Waals surface area contributed by atoms with Gasteiger partial charge in [-0.15, -0.1) is 11.3 Å². The van der Waals surface area contributed by atoms with Crippen molar-refractivity contribution in [1.82, 2.24) is 5.32 Å². The maximum Gasteiger partial charge on any atom is 0.120 e. The van der Waals surface area contributed by atoms with Crippen molar-refractivity contribution < 1.29 is 4.74 Å². The van der Waals surface area contributed by atoms with Gasteiger partial charge in [0.1, 0.15) is 5.75 Å². The summed E-state index contributed by atoms with van der Waals surface area (Å²) in [4.78, 5) is 1.36. The first-order valence-corrected chi connectivity index (χ1v) is 7.02. The van der Waals surface area contributed by atoms with Crippen LogP contribution in [0.1, 0.15) is 10.4 Å². The Morgan fingerprint density at radius 1 is 1.29 bits per heavy atom. The molecule has 1 aromatic carbocycles. The smallest absolute Gasteiger partial charge is 0.120 e. The molecule has 2 rings (SSSR count). The molecule has 0 saturated carbocycles. The van der Waals surface area contributed by atoms with Crippen molar-refractivity contribution in [1.29, 1.82) is 0 Å². The zero-order valence-electron chi connectivity index (χ0n) is 9.57. The molecule has 1 N–H and O–H groups in total. The molecule has 0 aliphatic heterocycles. The number of ether oxygens (including phenoxy) is 1. The Hall–Kier alpha value is -0.840. The fraction of sp³-hybridized carbons (Fsp3) is 0.231. The van der Waals surface area contributed by atoms with Crippen LogP contribution in [0.15, 0.2) is 40.2 Å². The molecule has 0 bridgehead atoms. The molecule has 2 aromatic rings. The van der Waals surface area contributed by atoms with Crippen LogP contribution in [0.5, 0.6) is 5.75 Å². The number of hydrogen-bond acceptors (Lipinski definition) is 3. The molecule has 0 atom stereocenters. The molecular formula is C13H14BrNOS. The molecule has 4 heteroatoms. The lowest BCUT2D eigenvalue weighted by Gasteiger charge is -2.07. The van der Waals surface area contributed by atoms with E-state index in [-0.39, 0.29) is 0 Å². The average molecular weight is 312 g/mol. The average Bonchev–Trinajstić information content (AvgIpc) is 2.84. The highest BCUT2D eigenvalue weighted by Gasteiger charge is 2.01. The fourth-order valence-corrected chi connectivity index (χ4v) is 2.70. The number of thiophene rings is 1. The summed E-state index contributed by atoms with van der Waals surface area (Å²) in [6, 6.07) is 10.3. The first-order valence-electron chi connectivity index (χ1n) is 5.35. The van der Waals surface area contributed by atoms with Crippen molar-refractivity contribution in [3.05, 3.63) is 50.6 Å². The molecule has 1 heterocycles. The van der Waals surface area contributed by atoms with Crippen LogP contribution in [-0.2, 0) is 13.1 Å². The van der Waals surface area contributed by atoms with Crippen molar-refractivity contribution in [2.24, 2.45) is 0 Å². The molecule has 17 heavy (non-hydrogen) atoms. The molecular weight excluding hydrogens is 298 g/mol. The van der Waals surface area contributed by atoms with E-state index in [4.69, 9.17) is 4.74 Å². The second kappa shape index (κ2) is 6.19. The highest BCUT2D eigenvalue weighted by molar-refractivity contribution is 9.10. The van der Waals surface area contributed by atoms with Gasteiger partial charge in [0.2, 0.25) is 0 Å². The quantitative estimate of drug-likeness (QED) is 0.906. The first-order chi connectivity index (χ1) is 8.29. The Kier molecular flexibility index (Phi) is 4.59. The molecule has 0 spiro atoms. The van der Waals surface area contributed by atoms with Gasteiger partial charge in [-0.25, -0.2) is 0 Å². The van der Waals surface area contributed by atoms with Crippen LogP contribution in [0.3, 0.4) is 0 Å². The molecule has 0 aliphatic carbocycles. The van der Waals surface area contributed by atoms with Gasteiger partial charge in [-0.3, -0.25) is 0 Å². The van der Waals surface area contributed by atoms with Crippen molar-refractivity contribution in [3.63, 3.8) is 0 Å². The highest BCUT2D eigenvalue weighted by Crippen LogP contribution is 2.22. The number of methoxy groups -OCH3 is 1. The van der Waals surface area contributed by atoms with E-state index in [0.717, 1.165) is 23.3 Å². The maximum atomic E-state index is 5.16. The maximum absolute atomic E-state index is 5.16. The highest BCUT2D eigenvalue weighted by atomic mass is 79.9. The van der Waals surface area contributed by atoms with Crippen LogP contribution < -0.4 is 10.1 Å². The Balaban J connectivity index is 1.90. The summed E-state index contributed by atoms with van der Waals surface area (Å²) < 4.78 is 6.24. The van der Waals surface area contributed by atoms with E-state index in [1.54, 1.807) is 18.4 Å². The van der Waals surface area contributed by atoms with Crippen LogP contribution >= 0.6 is 27.3 Å². The Labute approximate surface area is 114 Å². The normalized spacial score (nSPS) is 10.5. The van der Waals surface area contributed by atoms with Crippen LogP contribution in [0.25, 0.3) is 0 Å². The van der Waals surface area contributed by atoms with Gasteiger partial charge in [0.25, 0.3) is 0 Å². The van der Waals surface area contributed by atoms with Gasteiger partial charge >= 0.3 is 0 Å². The minimum Gasteiger partial charge on any atom is -0.497 e. The van der Waals surface area contributed by atoms with Crippen LogP contribution in [0, 0.1) is 0 Å². The third-order valence-corrected chi connectivity index (χ3v) is 4.07. The van der Waals surface area contributed by atoms with E-state index in [1.165, 1.54) is 10.4 Å². The lowest BCUT2D eigenvalue weighted by Crippen LogP contribution is -2.12. The Bertz CT molecular complexity index is 470. The van der Waals surface area contributed by atoms with E-state index in [1.807, 2.05) is 12.1 Å². The van der Waals surface area contributed by atoms with Gasteiger partial charge in [0.05, 0.1) is 7.11 Å².